The molecule has 0 aromatic carbocycles. The van der Waals surface area contributed by atoms with Gasteiger partial charge in [-0.25, -0.2) is 0 Å². The first-order valence-electron chi connectivity index (χ1n) is 12.8. The molecule has 0 aromatic rings. The van der Waals surface area contributed by atoms with E-state index < -0.39 is 0 Å². The van der Waals surface area contributed by atoms with Crippen LogP contribution in [0.15, 0.2) is 0 Å². The zero-order valence-corrected chi connectivity index (χ0v) is 19.8. The molecule has 0 aromatic heterocycles. The van der Waals surface area contributed by atoms with E-state index in [1.807, 2.05) is 0 Å². The standard InChI is InChI=1S/C18H37NO.C7H15NO/c1-2-3-4-5-6-7-8-9-10-11-12-13-14-15-16-17-18(19)20;1-2-3-7-6-8-4-5-9-7/h2-17H2,1H3,(H2,19,20);7-8H,2-6H2,1H3. The van der Waals surface area contributed by atoms with Crippen LogP contribution in [0.1, 0.15) is 129 Å². The molecule has 1 amide bonds. The third-order valence-corrected chi connectivity index (χ3v) is 5.64. The minimum Gasteiger partial charge on any atom is -0.376 e. The summed E-state index contributed by atoms with van der Waals surface area (Å²) in [5.41, 5.74) is 5.11. The average Bonchev–Trinajstić information content (AvgIpc) is 2.72. The molecule has 1 fully saturated rings. The summed E-state index contributed by atoms with van der Waals surface area (Å²) in [7, 11) is 0. The smallest absolute Gasteiger partial charge is 0.217 e. The van der Waals surface area contributed by atoms with E-state index >= 15 is 0 Å². The second-order valence-corrected chi connectivity index (χ2v) is 8.65. The van der Waals surface area contributed by atoms with Crippen LogP contribution in [-0.4, -0.2) is 31.7 Å². The Morgan fingerprint density at radius 1 is 0.793 bits per heavy atom. The van der Waals surface area contributed by atoms with Gasteiger partial charge in [0.05, 0.1) is 12.7 Å². The lowest BCUT2D eigenvalue weighted by Gasteiger charge is -2.22. The van der Waals surface area contributed by atoms with Crippen molar-refractivity contribution >= 4 is 5.91 Å². The minimum atomic E-state index is -0.153. The molecule has 0 aliphatic carbocycles. The third kappa shape index (κ3) is 23.5. The van der Waals surface area contributed by atoms with Gasteiger partial charge in [0.25, 0.3) is 0 Å². The summed E-state index contributed by atoms with van der Waals surface area (Å²) in [4.78, 5) is 10.6. The third-order valence-electron chi connectivity index (χ3n) is 5.64. The van der Waals surface area contributed by atoms with E-state index in [2.05, 4.69) is 19.2 Å². The molecule has 0 saturated carbocycles. The highest BCUT2D eigenvalue weighted by atomic mass is 16.5. The number of nitrogens with one attached hydrogen (secondary N) is 1. The van der Waals surface area contributed by atoms with Crippen LogP contribution >= 0.6 is 0 Å². The van der Waals surface area contributed by atoms with Crippen LogP contribution in [0.3, 0.4) is 0 Å². The summed E-state index contributed by atoms with van der Waals surface area (Å²) < 4.78 is 5.46. The second-order valence-electron chi connectivity index (χ2n) is 8.65. The Balaban J connectivity index is 0.000000717. The minimum absolute atomic E-state index is 0.153. The summed E-state index contributed by atoms with van der Waals surface area (Å²) in [5.74, 6) is -0.153. The second kappa shape index (κ2) is 23.7. The molecule has 174 valence electrons. The molecule has 1 unspecified atom stereocenters. The maximum atomic E-state index is 10.6. The molecule has 1 atom stereocenters. The number of amides is 1. The van der Waals surface area contributed by atoms with Crippen LogP contribution in [-0.2, 0) is 9.53 Å². The fraction of sp³-hybridized carbons (Fsp3) is 0.960. The molecule has 29 heavy (non-hydrogen) atoms. The maximum Gasteiger partial charge on any atom is 0.217 e. The van der Waals surface area contributed by atoms with Crippen LogP contribution in [0.5, 0.6) is 0 Å². The van der Waals surface area contributed by atoms with E-state index in [0.717, 1.165) is 26.1 Å². The molecular weight excluding hydrogens is 360 g/mol. The number of nitrogens with two attached hydrogens (primary N) is 1. The van der Waals surface area contributed by atoms with E-state index in [9.17, 15) is 4.79 Å². The Labute approximate surface area is 182 Å². The van der Waals surface area contributed by atoms with E-state index in [-0.39, 0.29) is 5.91 Å². The van der Waals surface area contributed by atoms with Gasteiger partial charge in [-0.15, -0.1) is 0 Å². The molecule has 4 nitrogen and oxygen atoms in total. The number of carbonyl (C=O) groups is 1. The van der Waals surface area contributed by atoms with Gasteiger partial charge in [0, 0.05) is 19.5 Å². The van der Waals surface area contributed by atoms with E-state index in [0.29, 0.717) is 12.5 Å². The highest BCUT2D eigenvalue weighted by Crippen LogP contribution is 2.13. The van der Waals surface area contributed by atoms with Crippen molar-refractivity contribution in [1.29, 1.82) is 0 Å². The molecule has 1 heterocycles. The number of unbranched alkanes of at least 4 members (excludes halogenated alkanes) is 14. The quantitative estimate of drug-likeness (QED) is 0.252. The van der Waals surface area contributed by atoms with Crippen molar-refractivity contribution in [2.75, 3.05) is 19.7 Å². The number of hydrogen-bond donors (Lipinski definition) is 2. The first kappa shape index (κ1) is 28.4. The van der Waals surface area contributed by atoms with Gasteiger partial charge in [0.1, 0.15) is 0 Å². The Morgan fingerprint density at radius 3 is 1.66 bits per heavy atom. The predicted molar refractivity (Wildman–Crippen MR) is 126 cm³/mol. The van der Waals surface area contributed by atoms with E-state index in [1.165, 1.54) is 103 Å². The maximum absolute atomic E-state index is 10.6. The van der Waals surface area contributed by atoms with Crippen molar-refractivity contribution in [3.8, 4) is 0 Å². The number of rotatable bonds is 18. The first-order chi connectivity index (χ1) is 14.2. The van der Waals surface area contributed by atoms with Crippen molar-refractivity contribution in [1.82, 2.24) is 5.32 Å². The lowest BCUT2D eigenvalue weighted by Crippen LogP contribution is -2.38. The molecule has 1 aliphatic rings. The fourth-order valence-corrected chi connectivity index (χ4v) is 3.80. The van der Waals surface area contributed by atoms with Crippen LogP contribution < -0.4 is 11.1 Å². The SMILES string of the molecule is CCCC1CNCCO1.CCCCCCCCCCCCCCCCCC(N)=O. The normalized spacial score (nSPS) is 16.3. The largest absolute Gasteiger partial charge is 0.376 e. The molecule has 4 heteroatoms. The lowest BCUT2D eigenvalue weighted by molar-refractivity contribution is -0.118. The summed E-state index contributed by atoms with van der Waals surface area (Å²) >= 11 is 0. The number of hydrogen-bond acceptors (Lipinski definition) is 3. The van der Waals surface area contributed by atoms with Crippen molar-refractivity contribution < 1.29 is 9.53 Å². The highest BCUT2D eigenvalue weighted by Gasteiger charge is 2.10. The predicted octanol–water partition coefficient (Wildman–Crippen LogP) is 6.51. The topological polar surface area (TPSA) is 64.3 Å². The van der Waals surface area contributed by atoms with E-state index in [4.69, 9.17) is 10.5 Å². The number of ether oxygens (including phenoxy) is 1. The van der Waals surface area contributed by atoms with Gasteiger partial charge >= 0.3 is 0 Å². The van der Waals surface area contributed by atoms with Crippen molar-refractivity contribution in [2.45, 2.75) is 136 Å². The Bertz CT molecular complexity index is 328. The van der Waals surface area contributed by atoms with Crippen LogP contribution in [0, 0.1) is 0 Å². The van der Waals surface area contributed by atoms with Crippen LogP contribution in [0.25, 0.3) is 0 Å². The van der Waals surface area contributed by atoms with Gasteiger partial charge in [-0.3, -0.25) is 4.79 Å². The first-order valence-corrected chi connectivity index (χ1v) is 12.8. The van der Waals surface area contributed by atoms with Crippen molar-refractivity contribution in [3.63, 3.8) is 0 Å². The molecular formula is C25H52N2O2. The summed E-state index contributed by atoms with van der Waals surface area (Å²) in [5, 5.41) is 3.29. The molecule has 1 rings (SSSR count). The average molecular weight is 413 g/mol. The van der Waals surface area contributed by atoms with Gasteiger partial charge in [-0.05, 0) is 12.8 Å². The molecule has 0 radical (unpaired) electrons. The number of carbonyl (C=O) groups excluding carboxylic acids is 1. The number of morpholine rings is 1. The summed E-state index contributed by atoms with van der Waals surface area (Å²) in [6.07, 6.45) is 23.8. The monoisotopic (exact) mass is 412 g/mol. The Kier molecular flexibility index (Phi) is 23.2. The van der Waals surface area contributed by atoms with Crippen LogP contribution in [0.4, 0.5) is 0 Å². The molecule has 1 saturated heterocycles. The lowest BCUT2D eigenvalue weighted by atomic mass is 10.0. The molecule has 3 N–H and O–H groups in total. The summed E-state index contributed by atoms with van der Waals surface area (Å²) in [6.45, 7) is 7.44. The fourth-order valence-electron chi connectivity index (χ4n) is 3.80. The Hall–Kier alpha value is -0.610. The molecule has 1 aliphatic heterocycles. The van der Waals surface area contributed by atoms with E-state index in [1.54, 1.807) is 0 Å². The summed E-state index contributed by atoms with van der Waals surface area (Å²) in [6, 6.07) is 0. The number of primary amides is 1. The van der Waals surface area contributed by atoms with Gasteiger partial charge in [0.15, 0.2) is 0 Å². The van der Waals surface area contributed by atoms with Crippen LogP contribution in [0.2, 0.25) is 0 Å². The zero-order chi connectivity index (χ0) is 21.4. The van der Waals surface area contributed by atoms with Gasteiger partial charge in [-0.1, -0.05) is 110 Å². The van der Waals surface area contributed by atoms with Gasteiger partial charge < -0.3 is 15.8 Å². The van der Waals surface area contributed by atoms with Gasteiger partial charge in [-0.2, -0.15) is 0 Å². The highest BCUT2D eigenvalue weighted by molar-refractivity contribution is 5.73. The van der Waals surface area contributed by atoms with Gasteiger partial charge in [0.2, 0.25) is 5.91 Å². The Morgan fingerprint density at radius 2 is 1.28 bits per heavy atom. The zero-order valence-electron chi connectivity index (χ0n) is 19.8. The van der Waals surface area contributed by atoms with Crippen molar-refractivity contribution in [2.24, 2.45) is 5.73 Å². The van der Waals surface area contributed by atoms with Crippen molar-refractivity contribution in [3.05, 3.63) is 0 Å². The molecule has 0 bridgehead atoms. The molecule has 0 spiro atoms.